The topological polar surface area (TPSA) is 23.8 Å². The van der Waals surface area contributed by atoms with Crippen LogP contribution >= 0.6 is 0 Å². The van der Waals surface area contributed by atoms with Crippen LogP contribution in [-0.2, 0) is 20.1 Å². The largest absolute Gasteiger partial charge is 3.00 e. The maximum atomic E-state index is 4.41. The molecule has 0 saturated carbocycles. The van der Waals surface area contributed by atoms with Crippen LogP contribution in [-0.4, -0.2) is 20.8 Å². The molecule has 3 aromatic heterocycles. The van der Waals surface area contributed by atoms with Gasteiger partial charge in [0.15, 0.2) is 0 Å². The Labute approximate surface area is 273 Å². The van der Waals surface area contributed by atoms with Gasteiger partial charge < -0.3 is 19.2 Å². The van der Waals surface area contributed by atoms with E-state index < -0.39 is 0 Å². The van der Waals surface area contributed by atoms with Gasteiger partial charge in [0, 0.05) is 22.6 Å². The van der Waals surface area contributed by atoms with E-state index in [9.17, 15) is 0 Å². The molecule has 0 aliphatic carbocycles. The number of aromatic nitrogens is 2. The van der Waals surface area contributed by atoms with Gasteiger partial charge in [-0.2, -0.15) is 6.67 Å². The van der Waals surface area contributed by atoms with E-state index in [1.54, 1.807) is 0 Å². The van der Waals surface area contributed by atoms with Crippen molar-refractivity contribution in [3.05, 3.63) is 133 Å². The summed E-state index contributed by atoms with van der Waals surface area (Å²) in [7, 11) is 0. The molecule has 0 radical (unpaired) electrons. The number of fused-ring (bicyclic) bond motifs is 6. The molecule has 0 fully saturated rings. The number of hydrogen-bond donors (Lipinski definition) is 0. The van der Waals surface area contributed by atoms with E-state index in [1.807, 2.05) is 12.3 Å². The third-order valence-electron chi connectivity index (χ3n) is 8.47. The number of benzene rings is 4. The van der Waals surface area contributed by atoms with Crippen molar-refractivity contribution in [3.8, 4) is 11.3 Å². The zero-order valence-electron chi connectivity index (χ0n) is 25.6. The summed E-state index contributed by atoms with van der Waals surface area (Å²) in [6.45, 7) is 11.7. The minimum absolute atomic E-state index is 0. The third kappa shape index (κ3) is 5.36. The summed E-state index contributed by atoms with van der Waals surface area (Å²) in [5, 5.41) is 5.10. The summed E-state index contributed by atoms with van der Waals surface area (Å²) >= 11 is 0. The van der Waals surface area contributed by atoms with Gasteiger partial charge in [0.1, 0.15) is 0 Å². The number of rotatable bonds is 5. The van der Waals surface area contributed by atoms with Crippen LogP contribution in [0.3, 0.4) is 0 Å². The Hall–Kier alpha value is -4.18. The first-order chi connectivity index (χ1) is 21.0. The van der Waals surface area contributed by atoms with E-state index in [0.717, 1.165) is 23.5 Å². The summed E-state index contributed by atoms with van der Waals surface area (Å²) < 4.78 is 2.40. The Morgan fingerprint density at radius 2 is 1.64 bits per heavy atom. The van der Waals surface area contributed by atoms with E-state index in [0.29, 0.717) is 0 Å². The van der Waals surface area contributed by atoms with Crippen LogP contribution in [0.5, 0.6) is 0 Å². The summed E-state index contributed by atoms with van der Waals surface area (Å²) in [5.41, 5.74) is 10.7. The number of para-hydroxylation sites is 2. The molecule has 0 spiro atoms. The smallest absolute Gasteiger partial charge is 0.508 e. The van der Waals surface area contributed by atoms with Gasteiger partial charge in [0.25, 0.3) is 0 Å². The molecule has 5 heteroatoms. The van der Waals surface area contributed by atoms with Gasteiger partial charge >= 0.3 is 20.1 Å². The predicted octanol–water partition coefficient (Wildman–Crippen LogP) is 9.62. The normalized spacial score (nSPS) is 12.8. The summed E-state index contributed by atoms with van der Waals surface area (Å²) in [4.78, 5) is 8.83. The maximum absolute atomic E-state index is 4.41. The molecular formula is C39H35IrN4. The van der Waals surface area contributed by atoms with Gasteiger partial charge in [-0.15, -0.1) is 59.0 Å². The number of anilines is 1. The molecule has 8 rings (SSSR count). The van der Waals surface area contributed by atoms with Crippen LogP contribution in [0, 0.1) is 39.6 Å². The molecule has 4 aromatic carbocycles. The van der Waals surface area contributed by atoms with Gasteiger partial charge in [0.2, 0.25) is 0 Å². The number of pyridine rings is 1. The van der Waals surface area contributed by atoms with Crippen molar-refractivity contribution in [1.29, 1.82) is 0 Å². The molecule has 44 heavy (non-hydrogen) atoms. The first kappa shape index (κ1) is 29.9. The van der Waals surface area contributed by atoms with Gasteiger partial charge in [-0.25, -0.2) is 0 Å². The fourth-order valence-electron chi connectivity index (χ4n) is 5.93. The average Bonchev–Trinajstić information content (AvgIpc) is 3.74. The minimum atomic E-state index is 0. The Bertz CT molecular complexity index is 2090. The molecule has 0 N–H and O–H groups in total. The predicted molar refractivity (Wildman–Crippen MR) is 180 cm³/mol. The number of unbranched alkanes of at least 4 members (excludes halogenated alkanes) is 1. The maximum Gasteiger partial charge on any atom is 3.00 e. The minimum Gasteiger partial charge on any atom is -0.508 e. The molecule has 7 aromatic rings. The second-order valence-electron chi connectivity index (χ2n) is 11.5. The average molecular weight is 752 g/mol. The van der Waals surface area contributed by atoms with Crippen molar-refractivity contribution < 1.29 is 20.1 Å². The molecular weight excluding hydrogens is 717 g/mol. The fourth-order valence-corrected chi connectivity index (χ4v) is 5.93. The number of nitrogens with zero attached hydrogens (tertiary/aromatic N) is 4. The molecule has 0 amide bonds. The molecule has 4 nitrogen and oxygen atoms in total. The van der Waals surface area contributed by atoms with Crippen molar-refractivity contribution in [2.45, 2.75) is 40.5 Å². The summed E-state index contributed by atoms with van der Waals surface area (Å²) in [6, 6.07) is 34.9. The van der Waals surface area contributed by atoms with Gasteiger partial charge in [0.05, 0.1) is 0 Å². The Morgan fingerprint density at radius 1 is 0.818 bits per heavy atom. The van der Waals surface area contributed by atoms with E-state index >= 15 is 0 Å². The van der Waals surface area contributed by atoms with Crippen LogP contribution in [0.4, 0.5) is 5.69 Å². The fraction of sp³-hybridized carbons (Fsp3) is 0.179. The molecule has 4 heterocycles. The van der Waals surface area contributed by atoms with Crippen molar-refractivity contribution in [2.75, 3.05) is 11.4 Å². The van der Waals surface area contributed by atoms with Crippen LogP contribution in [0.25, 0.3) is 49.4 Å². The molecule has 1 aliphatic rings. The monoisotopic (exact) mass is 752 g/mol. The van der Waals surface area contributed by atoms with Crippen molar-refractivity contribution >= 4 is 43.8 Å². The molecule has 0 bridgehead atoms. The van der Waals surface area contributed by atoms with Crippen LogP contribution in [0.2, 0.25) is 0 Å². The zero-order valence-corrected chi connectivity index (χ0v) is 28.0. The van der Waals surface area contributed by atoms with E-state index in [4.69, 9.17) is 0 Å². The van der Waals surface area contributed by atoms with Gasteiger partial charge in [-0.3, -0.25) is 0 Å². The molecule has 1 aliphatic heterocycles. The standard InChI is InChI=1S/C25H21N3.C14H14N.Ir/c1-2-3-13-26-14-15-27(17-26)18-11-12-24-22(16-18)21-9-6-8-20-19-7-4-5-10-23(19)28(24)25(20)21;1-10-4-6-13(7-5-10)14-8-11(2)12(3)9-15-14;/h4-12,14-15,17H,2-3,13H2,1H3;4-6,8-9H,1-3H3;/q-2;-1;+3. The van der Waals surface area contributed by atoms with Crippen molar-refractivity contribution in [2.24, 2.45) is 0 Å². The first-order valence-electron chi connectivity index (χ1n) is 15.1. The third-order valence-corrected chi connectivity index (χ3v) is 8.47. The van der Waals surface area contributed by atoms with Gasteiger partial charge in [-0.05, 0) is 67.4 Å². The molecule has 0 unspecified atom stereocenters. The number of hydrogen-bond acceptors (Lipinski definition) is 3. The summed E-state index contributed by atoms with van der Waals surface area (Å²) in [6.07, 6.45) is 8.60. The van der Waals surface area contributed by atoms with Crippen LogP contribution < -0.4 is 4.90 Å². The number of aryl methyl sites for hydroxylation is 3. The van der Waals surface area contributed by atoms with E-state index in [-0.39, 0.29) is 20.1 Å². The Morgan fingerprint density at radius 3 is 2.43 bits per heavy atom. The second-order valence-corrected chi connectivity index (χ2v) is 11.5. The second kappa shape index (κ2) is 12.4. The van der Waals surface area contributed by atoms with Crippen molar-refractivity contribution in [3.63, 3.8) is 0 Å². The van der Waals surface area contributed by atoms with Crippen molar-refractivity contribution in [1.82, 2.24) is 14.3 Å². The zero-order chi connectivity index (χ0) is 29.5. The van der Waals surface area contributed by atoms with Gasteiger partial charge in [-0.1, -0.05) is 79.4 Å². The SMILES string of the molecule is CCCCN1C=CN(c2[c-]c3c4cccc5c6ccccc6n(c3cc2)c45)[CH-]1.Cc1c[c-]c(-c2cc(C)c(C)cn2)cc1.[Ir+3]. The Kier molecular flexibility index (Phi) is 8.44. The summed E-state index contributed by atoms with van der Waals surface area (Å²) in [5.74, 6) is 0. The van der Waals surface area contributed by atoms with Crippen LogP contribution in [0.1, 0.15) is 36.5 Å². The molecule has 0 atom stereocenters. The van der Waals surface area contributed by atoms with Crippen LogP contribution in [0.15, 0.2) is 97.5 Å². The quantitative estimate of drug-likeness (QED) is 0.164. The van der Waals surface area contributed by atoms with E-state index in [2.05, 4.69) is 151 Å². The Balaban J connectivity index is 0.000000183. The van der Waals surface area contributed by atoms with E-state index in [1.165, 1.54) is 67.6 Å². The molecule has 220 valence electrons. The molecule has 0 saturated heterocycles. The first-order valence-corrected chi connectivity index (χ1v) is 15.1.